The first-order valence-corrected chi connectivity index (χ1v) is 6.67. The van der Waals surface area contributed by atoms with E-state index in [2.05, 4.69) is 49.9 Å². The summed E-state index contributed by atoms with van der Waals surface area (Å²) in [5.74, 6) is 1.71. The highest BCUT2D eigenvalue weighted by atomic mass is 32.1. The molecule has 0 aliphatic heterocycles. The lowest BCUT2D eigenvalue weighted by molar-refractivity contribution is 0.556. The van der Waals surface area contributed by atoms with E-state index in [1.807, 2.05) is 0 Å². The van der Waals surface area contributed by atoms with E-state index in [1.165, 1.54) is 37.7 Å². The van der Waals surface area contributed by atoms with Crippen molar-refractivity contribution in [3.05, 3.63) is 35.9 Å². The van der Waals surface area contributed by atoms with Crippen molar-refractivity contribution >= 4 is 12.6 Å². The van der Waals surface area contributed by atoms with E-state index < -0.39 is 0 Å². The van der Waals surface area contributed by atoms with Crippen molar-refractivity contribution in [2.45, 2.75) is 44.9 Å². The van der Waals surface area contributed by atoms with Crippen LogP contribution in [0.15, 0.2) is 30.3 Å². The van der Waals surface area contributed by atoms with E-state index in [9.17, 15) is 0 Å². The van der Waals surface area contributed by atoms with Gasteiger partial charge in [-0.25, -0.2) is 0 Å². The Morgan fingerprint density at radius 1 is 1.07 bits per heavy atom. The summed E-state index contributed by atoms with van der Waals surface area (Å²) in [5, 5.41) is 0. The third-order valence-corrected chi connectivity index (χ3v) is 3.16. The second-order valence-electron chi connectivity index (χ2n) is 4.12. The summed E-state index contributed by atoms with van der Waals surface area (Å²) < 4.78 is 0. The van der Waals surface area contributed by atoms with Gasteiger partial charge in [0.2, 0.25) is 0 Å². The molecule has 0 heterocycles. The summed E-state index contributed by atoms with van der Waals surface area (Å²) in [6.45, 7) is 2.26. The Morgan fingerprint density at radius 2 is 1.80 bits per heavy atom. The van der Waals surface area contributed by atoms with E-state index >= 15 is 0 Å². The summed E-state index contributed by atoms with van der Waals surface area (Å²) in [5.41, 5.74) is 1.49. The zero-order chi connectivity index (χ0) is 10.9. The molecule has 0 aromatic heterocycles. The SMILES string of the molecule is CCCCCC(CCS)c1ccccc1. The van der Waals surface area contributed by atoms with Gasteiger partial charge in [0.05, 0.1) is 0 Å². The predicted molar refractivity (Wildman–Crippen MR) is 71.8 cm³/mol. The minimum absolute atomic E-state index is 0.718. The van der Waals surface area contributed by atoms with Crippen LogP contribution in [0.4, 0.5) is 0 Å². The van der Waals surface area contributed by atoms with Crippen molar-refractivity contribution in [3.8, 4) is 0 Å². The van der Waals surface area contributed by atoms with Gasteiger partial charge in [-0.2, -0.15) is 12.6 Å². The Morgan fingerprint density at radius 3 is 2.40 bits per heavy atom. The highest BCUT2D eigenvalue weighted by Gasteiger charge is 2.09. The van der Waals surface area contributed by atoms with Crippen LogP contribution >= 0.6 is 12.6 Å². The molecule has 0 nitrogen and oxygen atoms in total. The van der Waals surface area contributed by atoms with Gasteiger partial charge in [-0.05, 0) is 30.1 Å². The van der Waals surface area contributed by atoms with Crippen LogP contribution in [0.3, 0.4) is 0 Å². The van der Waals surface area contributed by atoms with Crippen LogP contribution in [0.1, 0.15) is 50.5 Å². The smallest absolute Gasteiger partial charge is 0.00921 e. The molecule has 0 saturated heterocycles. The Kier molecular flexibility index (Phi) is 6.58. The van der Waals surface area contributed by atoms with E-state index in [4.69, 9.17) is 0 Å². The third kappa shape index (κ3) is 4.74. The van der Waals surface area contributed by atoms with Gasteiger partial charge in [-0.1, -0.05) is 56.5 Å². The topological polar surface area (TPSA) is 0 Å². The molecule has 1 heteroatoms. The van der Waals surface area contributed by atoms with Crippen LogP contribution < -0.4 is 0 Å². The summed E-state index contributed by atoms with van der Waals surface area (Å²) in [7, 11) is 0. The molecular formula is C14H22S. The molecule has 0 aliphatic carbocycles. The largest absolute Gasteiger partial charge is 0.179 e. The Bertz CT molecular complexity index is 243. The number of hydrogen-bond acceptors (Lipinski definition) is 1. The van der Waals surface area contributed by atoms with Gasteiger partial charge >= 0.3 is 0 Å². The Labute approximate surface area is 99.5 Å². The zero-order valence-electron chi connectivity index (χ0n) is 9.65. The summed E-state index contributed by atoms with van der Waals surface area (Å²) in [6.07, 6.45) is 6.54. The number of unbranched alkanes of at least 4 members (excludes halogenated alkanes) is 2. The van der Waals surface area contributed by atoms with Crippen LogP contribution in [-0.2, 0) is 0 Å². The van der Waals surface area contributed by atoms with Gasteiger partial charge < -0.3 is 0 Å². The standard InChI is InChI=1S/C14H22S/c1-2-3-5-8-14(11-12-15)13-9-6-4-7-10-13/h4,6-7,9-10,14-15H,2-3,5,8,11-12H2,1H3. The number of hydrogen-bond donors (Lipinski definition) is 1. The lowest BCUT2D eigenvalue weighted by atomic mass is 9.91. The van der Waals surface area contributed by atoms with E-state index in [0.29, 0.717) is 0 Å². The molecule has 1 aromatic carbocycles. The van der Waals surface area contributed by atoms with Crippen LogP contribution in [0.25, 0.3) is 0 Å². The van der Waals surface area contributed by atoms with Crippen LogP contribution in [0, 0.1) is 0 Å². The van der Waals surface area contributed by atoms with E-state index in [-0.39, 0.29) is 0 Å². The zero-order valence-corrected chi connectivity index (χ0v) is 10.5. The van der Waals surface area contributed by atoms with Crippen LogP contribution in [0.2, 0.25) is 0 Å². The van der Waals surface area contributed by atoms with E-state index in [0.717, 1.165) is 11.7 Å². The molecule has 0 N–H and O–H groups in total. The summed E-state index contributed by atoms with van der Waals surface area (Å²) in [4.78, 5) is 0. The third-order valence-electron chi connectivity index (χ3n) is 2.90. The van der Waals surface area contributed by atoms with Gasteiger partial charge in [0.1, 0.15) is 0 Å². The second kappa shape index (κ2) is 7.81. The van der Waals surface area contributed by atoms with Crippen LogP contribution in [-0.4, -0.2) is 5.75 Å². The number of thiol groups is 1. The second-order valence-corrected chi connectivity index (χ2v) is 4.56. The lowest BCUT2D eigenvalue weighted by Crippen LogP contribution is -1.99. The van der Waals surface area contributed by atoms with Crippen molar-refractivity contribution in [1.29, 1.82) is 0 Å². The predicted octanol–water partition coefficient (Wildman–Crippen LogP) is 4.67. The molecule has 0 radical (unpaired) electrons. The van der Waals surface area contributed by atoms with Crippen molar-refractivity contribution in [1.82, 2.24) is 0 Å². The molecule has 0 bridgehead atoms. The highest BCUT2D eigenvalue weighted by Crippen LogP contribution is 2.26. The van der Waals surface area contributed by atoms with Crippen molar-refractivity contribution in [2.75, 3.05) is 5.75 Å². The van der Waals surface area contributed by atoms with E-state index in [1.54, 1.807) is 0 Å². The molecule has 0 aliphatic rings. The minimum atomic E-state index is 0.718. The first-order chi connectivity index (χ1) is 7.38. The Hall–Kier alpha value is -0.430. The number of rotatable bonds is 7. The quantitative estimate of drug-likeness (QED) is 0.503. The molecule has 0 saturated carbocycles. The molecule has 0 spiro atoms. The molecule has 0 amide bonds. The van der Waals surface area contributed by atoms with Gasteiger partial charge in [-0.15, -0.1) is 0 Å². The first kappa shape index (κ1) is 12.6. The van der Waals surface area contributed by atoms with Gasteiger partial charge in [-0.3, -0.25) is 0 Å². The lowest BCUT2D eigenvalue weighted by Gasteiger charge is -2.16. The Balaban J connectivity index is 2.50. The average molecular weight is 222 g/mol. The molecular weight excluding hydrogens is 200 g/mol. The van der Waals surface area contributed by atoms with Crippen molar-refractivity contribution in [2.24, 2.45) is 0 Å². The maximum Gasteiger partial charge on any atom is -0.00921 e. The summed E-state index contributed by atoms with van der Waals surface area (Å²) >= 11 is 4.36. The first-order valence-electron chi connectivity index (χ1n) is 6.04. The molecule has 1 atom stereocenters. The molecule has 1 unspecified atom stereocenters. The average Bonchev–Trinajstić information content (AvgIpc) is 2.29. The minimum Gasteiger partial charge on any atom is -0.179 e. The maximum atomic E-state index is 4.36. The van der Waals surface area contributed by atoms with Crippen LogP contribution in [0.5, 0.6) is 0 Å². The fourth-order valence-electron chi connectivity index (χ4n) is 2.00. The van der Waals surface area contributed by atoms with Crippen molar-refractivity contribution in [3.63, 3.8) is 0 Å². The molecule has 84 valence electrons. The highest BCUT2D eigenvalue weighted by molar-refractivity contribution is 7.80. The normalized spacial score (nSPS) is 12.7. The molecule has 1 aromatic rings. The van der Waals surface area contributed by atoms with Gasteiger partial charge in [0.25, 0.3) is 0 Å². The van der Waals surface area contributed by atoms with Gasteiger partial charge in [0.15, 0.2) is 0 Å². The summed E-state index contributed by atoms with van der Waals surface area (Å²) in [6, 6.07) is 10.9. The van der Waals surface area contributed by atoms with Crippen molar-refractivity contribution < 1.29 is 0 Å². The molecule has 0 fully saturated rings. The fraction of sp³-hybridized carbons (Fsp3) is 0.571. The maximum absolute atomic E-state index is 4.36. The number of benzene rings is 1. The monoisotopic (exact) mass is 222 g/mol. The molecule has 1 rings (SSSR count). The fourth-order valence-corrected chi connectivity index (χ4v) is 2.31. The van der Waals surface area contributed by atoms with Gasteiger partial charge in [0, 0.05) is 0 Å². The molecule has 15 heavy (non-hydrogen) atoms.